The summed E-state index contributed by atoms with van der Waals surface area (Å²) < 4.78 is 2.25. The van der Waals surface area contributed by atoms with Gasteiger partial charge in [0.1, 0.15) is 0 Å². The molecule has 1 aromatic carbocycles. The van der Waals surface area contributed by atoms with E-state index in [-0.39, 0.29) is 0 Å². The molecule has 0 aromatic heterocycles. The summed E-state index contributed by atoms with van der Waals surface area (Å²) in [6.07, 6.45) is 0. The number of halogens is 2. The van der Waals surface area contributed by atoms with Crippen molar-refractivity contribution in [3.05, 3.63) is 25.3 Å². The van der Waals surface area contributed by atoms with E-state index in [1.807, 2.05) is 18.2 Å². The van der Waals surface area contributed by atoms with E-state index in [0.717, 1.165) is 12.8 Å². The van der Waals surface area contributed by atoms with Crippen LogP contribution in [-0.4, -0.2) is 0 Å². The van der Waals surface area contributed by atoms with Gasteiger partial charge in [-0.3, -0.25) is 0 Å². The van der Waals surface area contributed by atoms with Crippen molar-refractivity contribution in [3.8, 4) is 0 Å². The highest BCUT2D eigenvalue weighted by atomic mass is 127. The topological polar surface area (TPSA) is 26.0 Å². The largest absolute Gasteiger partial charge is 0.397 e. The maximum absolute atomic E-state index is 5.67. The van der Waals surface area contributed by atoms with Crippen LogP contribution in [-0.2, 0) is 0 Å². The third-order valence-corrected chi connectivity index (χ3v) is 2.88. The summed E-state index contributed by atoms with van der Waals surface area (Å²) in [6, 6.07) is 6.00. The van der Waals surface area contributed by atoms with Crippen LogP contribution in [0, 0.1) is 7.14 Å². The quantitative estimate of drug-likeness (QED) is 0.568. The van der Waals surface area contributed by atoms with Gasteiger partial charge in [0.2, 0.25) is 0 Å². The highest BCUT2D eigenvalue weighted by Gasteiger charge is 1.95. The van der Waals surface area contributed by atoms with Crippen molar-refractivity contribution in [2.24, 2.45) is 0 Å². The van der Waals surface area contributed by atoms with Crippen molar-refractivity contribution < 1.29 is 0 Å². The summed E-state index contributed by atoms with van der Waals surface area (Å²) in [4.78, 5) is 0. The summed E-state index contributed by atoms with van der Waals surface area (Å²) in [5.74, 6) is 0. The zero-order chi connectivity index (χ0) is 6.85. The number of anilines is 1. The fourth-order valence-corrected chi connectivity index (χ4v) is 2.02. The lowest BCUT2D eigenvalue weighted by Gasteiger charge is -1.97. The van der Waals surface area contributed by atoms with Crippen LogP contribution < -0.4 is 5.73 Å². The van der Waals surface area contributed by atoms with E-state index in [0.29, 0.717) is 0 Å². The molecule has 48 valence electrons. The molecular weight excluding hydrogens is 340 g/mol. The van der Waals surface area contributed by atoms with Gasteiger partial charge in [-0.2, -0.15) is 0 Å². The molecule has 1 aromatic rings. The molecule has 1 nitrogen and oxygen atoms in total. The standard InChI is InChI=1S/C6H5I2N/c7-4-2-1-3-5(8)6(4)9/h1-3H,9H2. The van der Waals surface area contributed by atoms with E-state index in [1.54, 1.807) is 0 Å². The molecule has 9 heavy (non-hydrogen) atoms. The lowest BCUT2D eigenvalue weighted by molar-refractivity contribution is 1.58. The molecule has 0 saturated carbocycles. The van der Waals surface area contributed by atoms with Gasteiger partial charge in [-0.25, -0.2) is 0 Å². The number of rotatable bonds is 0. The zero-order valence-electron chi connectivity index (χ0n) is 4.57. The van der Waals surface area contributed by atoms with Gasteiger partial charge < -0.3 is 5.73 Å². The van der Waals surface area contributed by atoms with Crippen molar-refractivity contribution in [2.45, 2.75) is 0 Å². The molecule has 0 saturated heterocycles. The monoisotopic (exact) mass is 345 g/mol. The number of nitrogen functional groups attached to an aromatic ring is 1. The summed E-state index contributed by atoms with van der Waals surface area (Å²) in [7, 11) is 0. The molecule has 0 spiro atoms. The summed E-state index contributed by atoms with van der Waals surface area (Å²) >= 11 is 4.44. The average Bonchev–Trinajstić information content (AvgIpc) is 1.83. The highest BCUT2D eigenvalue weighted by molar-refractivity contribution is 14.1. The van der Waals surface area contributed by atoms with Gasteiger partial charge in [-0.05, 0) is 57.3 Å². The van der Waals surface area contributed by atoms with Gasteiger partial charge in [0.05, 0.1) is 5.69 Å². The van der Waals surface area contributed by atoms with E-state index >= 15 is 0 Å². The van der Waals surface area contributed by atoms with Gasteiger partial charge in [0, 0.05) is 7.14 Å². The van der Waals surface area contributed by atoms with Gasteiger partial charge in [0.25, 0.3) is 0 Å². The smallest absolute Gasteiger partial charge is 0.0585 e. The summed E-state index contributed by atoms with van der Waals surface area (Å²) in [5, 5.41) is 0. The van der Waals surface area contributed by atoms with Gasteiger partial charge in [0.15, 0.2) is 0 Å². The Morgan fingerprint density at radius 1 is 1.11 bits per heavy atom. The van der Waals surface area contributed by atoms with Gasteiger partial charge in [-0.1, -0.05) is 6.07 Å². The molecule has 0 fully saturated rings. The predicted octanol–water partition coefficient (Wildman–Crippen LogP) is 2.48. The molecule has 0 unspecified atom stereocenters. The summed E-state index contributed by atoms with van der Waals surface area (Å²) in [5.41, 5.74) is 6.55. The zero-order valence-corrected chi connectivity index (χ0v) is 8.88. The van der Waals surface area contributed by atoms with Crippen molar-refractivity contribution >= 4 is 50.9 Å². The first-order chi connectivity index (χ1) is 4.22. The van der Waals surface area contributed by atoms with Crippen LogP contribution in [0.5, 0.6) is 0 Å². The van der Waals surface area contributed by atoms with Crippen molar-refractivity contribution in [1.29, 1.82) is 0 Å². The van der Waals surface area contributed by atoms with Crippen LogP contribution in [0.15, 0.2) is 18.2 Å². The second kappa shape index (κ2) is 3.05. The molecule has 0 aliphatic rings. The molecule has 1 rings (SSSR count). The van der Waals surface area contributed by atoms with Crippen LogP contribution in [0.3, 0.4) is 0 Å². The Morgan fingerprint density at radius 2 is 1.56 bits per heavy atom. The molecular formula is C6H5I2N. The van der Waals surface area contributed by atoms with E-state index in [2.05, 4.69) is 45.2 Å². The third-order valence-electron chi connectivity index (χ3n) is 1.000. The van der Waals surface area contributed by atoms with E-state index in [4.69, 9.17) is 5.73 Å². The number of para-hydroxylation sites is 1. The minimum atomic E-state index is 0.888. The Bertz CT molecular complexity index is 202. The maximum Gasteiger partial charge on any atom is 0.0585 e. The molecule has 0 radical (unpaired) electrons. The Kier molecular flexibility index (Phi) is 2.57. The lowest BCUT2D eigenvalue weighted by atomic mass is 10.3. The Labute approximate surface area is 81.3 Å². The minimum Gasteiger partial charge on any atom is -0.397 e. The van der Waals surface area contributed by atoms with Gasteiger partial charge >= 0.3 is 0 Å². The number of hydrogen-bond acceptors (Lipinski definition) is 1. The fraction of sp³-hybridized carbons (Fsp3) is 0. The Balaban J connectivity index is 3.25. The lowest BCUT2D eigenvalue weighted by Crippen LogP contribution is -1.91. The molecule has 0 bridgehead atoms. The van der Waals surface area contributed by atoms with Crippen molar-refractivity contribution in [1.82, 2.24) is 0 Å². The Hall–Kier alpha value is 0.480. The predicted molar refractivity (Wildman–Crippen MR) is 56.3 cm³/mol. The molecule has 0 amide bonds. The summed E-state index contributed by atoms with van der Waals surface area (Å²) in [6.45, 7) is 0. The van der Waals surface area contributed by atoms with Crippen molar-refractivity contribution in [3.63, 3.8) is 0 Å². The van der Waals surface area contributed by atoms with Crippen LogP contribution in [0.2, 0.25) is 0 Å². The molecule has 0 heterocycles. The van der Waals surface area contributed by atoms with Crippen LogP contribution in [0.25, 0.3) is 0 Å². The maximum atomic E-state index is 5.67. The third kappa shape index (κ3) is 1.70. The normalized spacial score (nSPS) is 9.56. The number of benzene rings is 1. The molecule has 2 N–H and O–H groups in total. The number of hydrogen-bond donors (Lipinski definition) is 1. The second-order valence-electron chi connectivity index (χ2n) is 1.64. The van der Waals surface area contributed by atoms with E-state index in [1.165, 1.54) is 0 Å². The number of nitrogens with two attached hydrogens (primary N) is 1. The average molecular weight is 345 g/mol. The van der Waals surface area contributed by atoms with Crippen LogP contribution >= 0.6 is 45.2 Å². The van der Waals surface area contributed by atoms with Gasteiger partial charge in [-0.15, -0.1) is 0 Å². The Morgan fingerprint density at radius 3 is 1.89 bits per heavy atom. The minimum absolute atomic E-state index is 0.888. The first kappa shape index (κ1) is 7.59. The molecule has 3 heteroatoms. The van der Waals surface area contributed by atoms with E-state index < -0.39 is 0 Å². The van der Waals surface area contributed by atoms with Crippen molar-refractivity contribution in [2.75, 3.05) is 5.73 Å². The van der Waals surface area contributed by atoms with Crippen LogP contribution in [0.4, 0.5) is 5.69 Å². The fourth-order valence-electron chi connectivity index (χ4n) is 0.511. The molecule has 0 atom stereocenters. The highest BCUT2D eigenvalue weighted by Crippen LogP contribution is 2.20. The first-order valence-corrected chi connectivity index (χ1v) is 4.57. The second-order valence-corrected chi connectivity index (χ2v) is 3.96. The molecule has 0 aliphatic heterocycles. The first-order valence-electron chi connectivity index (χ1n) is 2.41. The molecule has 0 aliphatic carbocycles. The SMILES string of the molecule is Nc1c(I)cccc1I. The van der Waals surface area contributed by atoms with Crippen LogP contribution in [0.1, 0.15) is 0 Å². The van der Waals surface area contributed by atoms with E-state index in [9.17, 15) is 0 Å².